The molecule has 73 heavy (non-hydrogen) atoms. The zero-order chi connectivity index (χ0) is 51.4. The number of nitrogens with zero attached hydrogens (tertiary/aromatic N) is 7. The first-order valence-corrected chi connectivity index (χ1v) is 26.5. The summed E-state index contributed by atoms with van der Waals surface area (Å²) in [6.45, 7) is 6.79. The Labute approximate surface area is 422 Å². The van der Waals surface area contributed by atoms with E-state index in [1.807, 2.05) is 9.62 Å². The van der Waals surface area contributed by atoms with Gasteiger partial charge in [-0.2, -0.15) is 0 Å². The Bertz CT molecular complexity index is 3190. The van der Waals surface area contributed by atoms with E-state index < -0.39 is 48.5 Å². The van der Waals surface area contributed by atoms with Crippen LogP contribution in [0, 0.1) is 21.3 Å². The highest BCUT2D eigenvalue weighted by atomic mass is 32.2. The van der Waals surface area contributed by atoms with E-state index in [1.165, 1.54) is 29.8 Å². The third-order valence-electron chi connectivity index (χ3n) is 15.5. The molecule has 3 aromatic carbocycles. The summed E-state index contributed by atoms with van der Waals surface area (Å²) in [4.78, 5) is 60.1. The molecule has 386 valence electrons. The normalized spacial score (nSPS) is 19.3. The third kappa shape index (κ3) is 9.93. The van der Waals surface area contributed by atoms with Gasteiger partial charge >= 0.3 is 0 Å². The molecule has 18 nitrogen and oxygen atoms in total. The van der Waals surface area contributed by atoms with Crippen LogP contribution in [-0.2, 0) is 14.8 Å². The van der Waals surface area contributed by atoms with Crippen molar-refractivity contribution in [1.82, 2.24) is 39.4 Å². The Morgan fingerprint density at radius 3 is 2.48 bits per heavy atom. The molecule has 3 aliphatic heterocycles. The van der Waals surface area contributed by atoms with Crippen LogP contribution in [0.15, 0.2) is 78.2 Å². The van der Waals surface area contributed by atoms with E-state index in [0.717, 1.165) is 57.1 Å². The van der Waals surface area contributed by atoms with Crippen LogP contribution in [0.4, 0.5) is 25.8 Å². The van der Waals surface area contributed by atoms with Gasteiger partial charge in [0.2, 0.25) is 5.91 Å². The van der Waals surface area contributed by atoms with E-state index in [2.05, 4.69) is 68.3 Å². The summed E-state index contributed by atoms with van der Waals surface area (Å²) in [6.07, 6.45) is 10.4. The molecule has 2 amide bonds. The first-order chi connectivity index (χ1) is 34.9. The highest BCUT2D eigenvalue weighted by Crippen LogP contribution is 2.54. The molecule has 1 unspecified atom stereocenters. The fourth-order valence-corrected chi connectivity index (χ4v) is 12.8. The van der Waals surface area contributed by atoms with Crippen molar-refractivity contribution in [1.29, 1.82) is 0 Å². The fourth-order valence-electron chi connectivity index (χ4n) is 11.6. The number of nitrogens with one attached hydrogen (secondary N) is 4. The zero-order valence-electron chi connectivity index (χ0n) is 41.4. The van der Waals surface area contributed by atoms with E-state index in [1.54, 1.807) is 42.2 Å². The van der Waals surface area contributed by atoms with Gasteiger partial charge in [0, 0.05) is 81.4 Å². The Morgan fingerprint density at radius 1 is 1.00 bits per heavy atom. The molecule has 0 radical (unpaired) electrons. The summed E-state index contributed by atoms with van der Waals surface area (Å²) in [5.41, 5.74) is 0.115. The number of amides is 2. The number of carbonyl (C=O) groups excluding carboxylic acids is 2. The molecule has 4 N–H and O–H groups in total. The van der Waals surface area contributed by atoms with Crippen molar-refractivity contribution >= 4 is 61.0 Å². The number of hydrogen-bond donors (Lipinski definition) is 4. The van der Waals surface area contributed by atoms with Crippen LogP contribution in [0.5, 0.6) is 11.5 Å². The van der Waals surface area contributed by atoms with Crippen molar-refractivity contribution in [2.24, 2.45) is 5.41 Å². The number of carbonyl (C=O) groups is 2. The van der Waals surface area contributed by atoms with Crippen LogP contribution >= 0.6 is 0 Å². The molecule has 4 aliphatic rings. The first-order valence-electron chi connectivity index (χ1n) is 25.0. The molecular formula is C52H61F2N11O7S. The zero-order valence-corrected chi connectivity index (χ0v) is 42.2. The van der Waals surface area contributed by atoms with Gasteiger partial charge < -0.3 is 34.7 Å². The number of sulfonamides is 1. The average molecular weight is 1020 g/mol. The van der Waals surface area contributed by atoms with Gasteiger partial charge in [0.05, 0.1) is 40.8 Å². The minimum Gasteiger partial charge on any atom is -0.455 e. The molecule has 1 saturated carbocycles. The lowest BCUT2D eigenvalue weighted by molar-refractivity contribution is -0.384. The highest BCUT2D eigenvalue weighted by Gasteiger charge is 2.50. The van der Waals surface area contributed by atoms with Gasteiger partial charge in [0.25, 0.3) is 21.6 Å². The summed E-state index contributed by atoms with van der Waals surface area (Å²) < 4.78 is 69.5. The van der Waals surface area contributed by atoms with Gasteiger partial charge in [-0.1, -0.05) is 38.1 Å². The number of anilines is 2. The van der Waals surface area contributed by atoms with Crippen LogP contribution < -0.4 is 19.7 Å². The van der Waals surface area contributed by atoms with Crippen molar-refractivity contribution in [2.45, 2.75) is 93.8 Å². The predicted octanol–water partition coefficient (Wildman–Crippen LogP) is 8.41. The minimum atomic E-state index is -4.99. The summed E-state index contributed by atoms with van der Waals surface area (Å²) >= 11 is 0. The average Bonchev–Trinajstić information content (AvgIpc) is 4.15. The number of aromatic amines is 2. The number of nitro benzene ring substituents is 1. The number of piperidine rings is 2. The second-order valence-corrected chi connectivity index (χ2v) is 22.6. The smallest absolute Gasteiger partial charge is 0.296 e. The quantitative estimate of drug-likeness (QED) is 0.0562. The maximum atomic E-state index is 16.6. The van der Waals surface area contributed by atoms with Crippen LogP contribution in [0.25, 0.3) is 22.1 Å². The molecule has 6 heterocycles. The lowest BCUT2D eigenvalue weighted by Gasteiger charge is -2.56. The fraction of sp³-hybridized carbons (Fsp3) is 0.462. The van der Waals surface area contributed by atoms with Gasteiger partial charge in [0.15, 0.2) is 0 Å². The number of likely N-dealkylation sites (tertiary alicyclic amines) is 2. The number of nitro groups is 1. The van der Waals surface area contributed by atoms with E-state index in [0.29, 0.717) is 42.1 Å². The standard InChI is InChI=1S/C52H61F2N11O7S/c1-32(2)36-8-5-6-9-37(36)40-10-7-17-64(40)34-26-51(27-34)12-18-62(19-13-51)41-24-43(72-35-22-33-11-16-55-49(33)56-28-35)38(23-39(41)53)50(67)60-73(70,71)44-25-42(65(68)69)46(48-47(44)58-31-59-48)57-30-52(54)14-20-63(21-15-52)45(66)29-61(3)4/h5-6,8-9,11,16,22-25,28,31-32,34,40,57H,7,10,12-15,17-21,26-27,29-30H2,1-4H3,(H,55,56)(H,58,59)(H,60,67). The minimum absolute atomic E-state index is 0.0319. The maximum Gasteiger partial charge on any atom is 0.296 e. The number of imidazole rings is 1. The number of likely N-dealkylation sites (N-methyl/N-ethyl adjacent to an activating group) is 1. The number of fused-ring (bicyclic) bond motifs is 2. The van der Waals surface area contributed by atoms with Crippen LogP contribution in [0.1, 0.15) is 98.7 Å². The largest absolute Gasteiger partial charge is 0.455 e. The van der Waals surface area contributed by atoms with Crippen molar-refractivity contribution in [3.63, 3.8) is 0 Å². The topological polar surface area (TPSA) is 215 Å². The summed E-state index contributed by atoms with van der Waals surface area (Å²) in [5.74, 6) is -1.68. The predicted molar refractivity (Wildman–Crippen MR) is 273 cm³/mol. The Balaban J connectivity index is 0.872. The maximum absolute atomic E-state index is 16.6. The second-order valence-electron chi connectivity index (χ2n) is 20.9. The van der Waals surface area contributed by atoms with Crippen LogP contribution in [-0.4, -0.2) is 131 Å². The molecule has 21 heteroatoms. The molecular weight excluding hydrogens is 961 g/mol. The molecule has 0 bridgehead atoms. The third-order valence-corrected chi connectivity index (χ3v) is 16.9. The summed E-state index contributed by atoms with van der Waals surface area (Å²) in [6, 6.07) is 16.3. The number of alkyl halides is 1. The van der Waals surface area contributed by atoms with E-state index >= 15 is 8.78 Å². The number of aromatic nitrogens is 4. The van der Waals surface area contributed by atoms with Crippen molar-refractivity contribution in [3.8, 4) is 11.5 Å². The Morgan fingerprint density at radius 2 is 1.75 bits per heavy atom. The van der Waals surface area contributed by atoms with Crippen molar-refractivity contribution in [2.75, 3.05) is 70.1 Å². The van der Waals surface area contributed by atoms with E-state index in [9.17, 15) is 28.1 Å². The number of halogens is 2. The molecule has 10 rings (SSSR count). The number of pyridine rings is 1. The lowest BCUT2D eigenvalue weighted by atomic mass is 9.59. The first kappa shape index (κ1) is 49.9. The van der Waals surface area contributed by atoms with Crippen LogP contribution in [0.3, 0.4) is 0 Å². The van der Waals surface area contributed by atoms with Crippen molar-refractivity contribution < 1.29 is 36.4 Å². The Hall–Kier alpha value is -6.71. The van der Waals surface area contributed by atoms with Gasteiger partial charge in [-0.3, -0.25) is 24.6 Å². The Kier molecular flexibility index (Phi) is 13.4. The van der Waals surface area contributed by atoms with Gasteiger partial charge in [-0.25, -0.2) is 31.9 Å². The number of ether oxygens (including phenoxy) is 1. The highest BCUT2D eigenvalue weighted by molar-refractivity contribution is 7.90. The molecule has 1 atom stereocenters. The molecule has 6 aromatic rings. The molecule has 4 fully saturated rings. The molecule has 3 aromatic heterocycles. The number of H-pyrrole nitrogens is 2. The van der Waals surface area contributed by atoms with Gasteiger partial charge in [-0.15, -0.1) is 0 Å². The van der Waals surface area contributed by atoms with Crippen LogP contribution in [0.2, 0.25) is 0 Å². The number of rotatable bonds is 15. The molecule has 1 spiro atoms. The number of hydrogen-bond acceptors (Lipinski definition) is 13. The second kappa shape index (κ2) is 19.6. The van der Waals surface area contributed by atoms with E-state index in [4.69, 9.17) is 4.74 Å². The summed E-state index contributed by atoms with van der Waals surface area (Å²) in [7, 11) is -1.46. The molecule has 3 saturated heterocycles. The van der Waals surface area contributed by atoms with Gasteiger partial charge in [0.1, 0.15) is 44.7 Å². The van der Waals surface area contributed by atoms with Gasteiger partial charge in [-0.05, 0) is 99.8 Å². The number of benzene rings is 3. The summed E-state index contributed by atoms with van der Waals surface area (Å²) in [5, 5.41) is 16.1. The SMILES string of the molecule is CC(C)c1ccccc1C1CCCN1C1CC2(CCN(c3cc(Oc4cnc5[nH]ccc5c4)c(C(=O)NS(=O)(=O)c4cc([N+](=O)[O-])c(NCC5(F)CCN(C(=O)CN(C)C)CC5)c5[nH]cnc45)cc3F)CC2)C1. The lowest BCUT2D eigenvalue weighted by Crippen LogP contribution is -2.55. The monoisotopic (exact) mass is 1020 g/mol. The van der Waals surface area contributed by atoms with E-state index in [-0.39, 0.29) is 84.3 Å². The van der Waals surface area contributed by atoms with Crippen molar-refractivity contribution in [3.05, 3.63) is 106 Å². The molecule has 1 aliphatic carbocycles.